The second-order valence-electron chi connectivity index (χ2n) is 2.80. The van der Waals surface area contributed by atoms with E-state index < -0.39 is 23.7 Å². The molecule has 1 aromatic heterocycles. The summed E-state index contributed by atoms with van der Waals surface area (Å²) in [7, 11) is 0. The first kappa shape index (κ1) is 12.6. The van der Waals surface area contributed by atoms with Gasteiger partial charge in [0.25, 0.3) is 6.43 Å². The van der Waals surface area contributed by atoms with E-state index in [1.807, 2.05) is 0 Å². The van der Waals surface area contributed by atoms with E-state index in [1.54, 1.807) is 0 Å². The van der Waals surface area contributed by atoms with E-state index in [4.69, 9.17) is 0 Å². The molecular weight excluding hydrogens is 332 g/mol. The van der Waals surface area contributed by atoms with Crippen LogP contribution in [-0.2, 0) is 6.18 Å². The number of nitrogens with zero attached hydrogens (tertiary/aromatic N) is 1. The van der Waals surface area contributed by atoms with Crippen LogP contribution in [-0.4, -0.2) is 4.98 Å². The van der Waals surface area contributed by atoms with Gasteiger partial charge in [0.1, 0.15) is 3.70 Å². The van der Waals surface area contributed by atoms with Crippen LogP contribution in [0.3, 0.4) is 0 Å². The molecular formula is C8H5F5IN. The summed E-state index contributed by atoms with van der Waals surface area (Å²) in [6, 6.07) is 0.453. The Morgan fingerprint density at radius 1 is 1.33 bits per heavy atom. The van der Waals surface area contributed by atoms with Gasteiger partial charge < -0.3 is 0 Å². The number of aryl methyl sites for hydroxylation is 1. The van der Waals surface area contributed by atoms with Crippen LogP contribution in [0.15, 0.2) is 6.07 Å². The molecule has 0 radical (unpaired) electrons. The summed E-state index contributed by atoms with van der Waals surface area (Å²) in [5.74, 6) is 0. The Balaban J connectivity index is 3.37. The first-order valence-electron chi connectivity index (χ1n) is 3.76. The minimum atomic E-state index is -4.65. The molecule has 0 saturated carbocycles. The summed E-state index contributed by atoms with van der Waals surface area (Å²) < 4.78 is 61.3. The number of pyridine rings is 1. The zero-order valence-electron chi connectivity index (χ0n) is 7.37. The number of hydrogen-bond donors (Lipinski definition) is 0. The maximum Gasteiger partial charge on any atom is 0.418 e. The highest BCUT2D eigenvalue weighted by Gasteiger charge is 2.35. The van der Waals surface area contributed by atoms with Crippen molar-refractivity contribution in [2.75, 3.05) is 0 Å². The minimum Gasteiger partial charge on any atom is -0.246 e. The molecule has 15 heavy (non-hydrogen) atoms. The second-order valence-corrected chi connectivity index (χ2v) is 3.82. The van der Waals surface area contributed by atoms with Gasteiger partial charge in [-0.05, 0) is 35.6 Å². The molecule has 0 N–H and O–H groups in total. The molecule has 0 unspecified atom stereocenters. The van der Waals surface area contributed by atoms with Crippen molar-refractivity contribution in [3.63, 3.8) is 0 Å². The maximum absolute atomic E-state index is 12.3. The number of hydrogen-bond acceptors (Lipinski definition) is 1. The van der Waals surface area contributed by atoms with E-state index in [2.05, 4.69) is 4.98 Å². The molecule has 1 heterocycles. The molecule has 0 aromatic carbocycles. The highest BCUT2D eigenvalue weighted by atomic mass is 127. The van der Waals surface area contributed by atoms with Crippen LogP contribution in [0.5, 0.6) is 0 Å². The van der Waals surface area contributed by atoms with Crippen LogP contribution < -0.4 is 0 Å². The summed E-state index contributed by atoms with van der Waals surface area (Å²) in [5, 5.41) is 0. The van der Waals surface area contributed by atoms with Crippen LogP contribution in [0.2, 0.25) is 0 Å². The van der Waals surface area contributed by atoms with Gasteiger partial charge in [-0.2, -0.15) is 13.2 Å². The molecule has 0 aliphatic rings. The molecule has 0 aliphatic heterocycles. The molecule has 84 valence electrons. The topological polar surface area (TPSA) is 12.9 Å². The maximum atomic E-state index is 12.3. The average Bonchev–Trinajstić information content (AvgIpc) is 2.00. The lowest BCUT2D eigenvalue weighted by molar-refractivity contribution is -0.138. The molecule has 1 nitrogen and oxygen atoms in total. The molecule has 1 rings (SSSR count). The Morgan fingerprint density at radius 2 is 1.87 bits per heavy atom. The molecule has 0 saturated heterocycles. The van der Waals surface area contributed by atoms with Crippen molar-refractivity contribution in [1.82, 2.24) is 4.98 Å². The first-order valence-corrected chi connectivity index (χ1v) is 4.83. The standard InChI is InChI=1S/C8H5F5IN/c1-3-4(6(9)10)2-5(7(14)15-3)8(11,12)13/h2,6H,1H3. The Hall–Kier alpha value is -0.470. The van der Waals surface area contributed by atoms with Gasteiger partial charge in [-0.15, -0.1) is 0 Å². The summed E-state index contributed by atoms with van der Waals surface area (Å²) in [4.78, 5) is 3.45. The van der Waals surface area contributed by atoms with E-state index in [1.165, 1.54) is 29.5 Å². The van der Waals surface area contributed by atoms with E-state index >= 15 is 0 Å². The minimum absolute atomic E-state index is 0.0811. The van der Waals surface area contributed by atoms with Gasteiger partial charge in [0, 0.05) is 11.3 Å². The van der Waals surface area contributed by atoms with Crippen molar-refractivity contribution in [3.8, 4) is 0 Å². The van der Waals surface area contributed by atoms with Crippen LogP contribution >= 0.6 is 22.6 Å². The second kappa shape index (κ2) is 4.18. The van der Waals surface area contributed by atoms with Crippen molar-refractivity contribution in [3.05, 3.63) is 26.6 Å². The molecule has 0 aliphatic carbocycles. The number of rotatable bonds is 1. The number of aromatic nitrogens is 1. The zero-order valence-corrected chi connectivity index (χ0v) is 9.53. The third-order valence-electron chi connectivity index (χ3n) is 1.75. The molecule has 0 atom stereocenters. The van der Waals surface area contributed by atoms with Crippen LogP contribution in [0, 0.1) is 10.6 Å². The van der Waals surface area contributed by atoms with E-state index in [0.717, 1.165) is 0 Å². The fourth-order valence-corrected chi connectivity index (χ4v) is 1.83. The monoisotopic (exact) mass is 337 g/mol. The van der Waals surface area contributed by atoms with Gasteiger partial charge in [-0.25, -0.2) is 13.8 Å². The quantitative estimate of drug-likeness (QED) is 0.430. The zero-order chi connectivity index (χ0) is 11.8. The fraction of sp³-hybridized carbons (Fsp3) is 0.375. The number of halogens is 6. The normalized spacial score (nSPS) is 12.3. The third-order valence-corrected chi connectivity index (χ3v) is 2.57. The Kier molecular flexibility index (Phi) is 3.51. The summed E-state index contributed by atoms with van der Waals surface area (Å²) in [5.41, 5.74) is -1.88. The highest BCUT2D eigenvalue weighted by Crippen LogP contribution is 2.35. The summed E-state index contributed by atoms with van der Waals surface area (Å²) in [6.45, 7) is 1.25. The molecule has 7 heteroatoms. The van der Waals surface area contributed by atoms with E-state index in [9.17, 15) is 22.0 Å². The molecule has 0 spiro atoms. The molecule has 0 bridgehead atoms. The van der Waals surface area contributed by atoms with Gasteiger partial charge in [-0.3, -0.25) is 0 Å². The lowest BCUT2D eigenvalue weighted by Crippen LogP contribution is -2.11. The summed E-state index contributed by atoms with van der Waals surface area (Å²) >= 11 is 1.38. The van der Waals surface area contributed by atoms with Gasteiger partial charge in [0.05, 0.1) is 5.56 Å². The predicted octanol–water partition coefficient (Wildman–Crippen LogP) is 3.95. The Labute approximate surface area is 95.8 Å². The molecule has 0 fully saturated rings. The van der Waals surface area contributed by atoms with Crippen molar-refractivity contribution < 1.29 is 22.0 Å². The van der Waals surface area contributed by atoms with Crippen LogP contribution in [0.1, 0.15) is 23.2 Å². The molecule has 0 amide bonds. The Bertz CT molecular complexity index is 374. The predicted molar refractivity (Wildman–Crippen MR) is 51.6 cm³/mol. The third kappa shape index (κ3) is 2.76. The van der Waals surface area contributed by atoms with Crippen molar-refractivity contribution in [2.24, 2.45) is 0 Å². The van der Waals surface area contributed by atoms with Gasteiger partial charge in [-0.1, -0.05) is 0 Å². The average molecular weight is 337 g/mol. The lowest BCUT2D eigenvalue weighted by Gasteiger charge is -2.12. The lowest BCUT2D eigenvalue weighted by atomic mass is 10.1. The van der Waals surface area contributed by atoms with Crippen molar-refractivity contribution in [2.45, 2.75) is 19.5 Å². The smallest absolute Gasteiger partial charge is 0.246 e. The van der Waals surface area contributed by atoms with E-state index in [-0.39, 0.29) is 9.39 Å². The molecule has 1 aromatic rings. The van der Waals surface area contributed by atoms with Crippen molar-refractivity contribution >= 4 is 22.6 Å². The Morgan fingerprint density at radius 3 is 2.27 bits per heavy atom. The van der Waals surface area contributed by atoms with Crippen molar-refractivity contribution in [1.29, 1.82) is 0 Å². The highest BCUT2D eigenvalue weighted by molar-refractivity contribution is 14.1. The van der Waals surface area contributed by atoms with Crippen LogP contribution in [0.4, 0.5) is 22.0 Å². The largest absolute Gasteiger partial charge is 0.418 e. The summed E-state index contributed by atoms with van der Waals surface area (Å²) in [6.07, 6.45) is -7.60. The SMILES string of the molecule is Cc1nc(I)c(C(F)(F)F)cc1C(F)F. The van der Waals surface area contributed by atoms with Gasteiger partial charge in [0.15, 0.2) is 0 Å². The first-order chi connectivity index (χ1) is 6.73. The number of alkyl halides is 5. The van der Waals surface area contributed by atoms with Crippen LogP contribution in [0.25, 0.3) is 0 Å². The van der Waals surface area contributed by atoms with Gasteiger partial charge >= 0.3 is 6.18 Å². The van der Waals surface area contributed by atoms with E-state index in [0.29, 0.717) is 6.07 Å². The fourth-order valence-electron chi connectivity index (χ4n) is 1.01. The van der Waals surface area contributed by atoms with Gasteiger partial charge in [0.2, 0.25) is 0 Å².